The summed E-state index contributed by atoms with van der Waals surface area (Å²) in [7, 11) is 4.03. The number of rotatable bonds is 5. The number of nitrogens with one attached hydrogen (secondary N) is 1. The van der Waals surface area contributed by atoms with Crippen molar-refractivity contribution in [1.29, 1.82) is 0 Å². The molecule has 0 saturated carbocycles. The smallest absolute Gasteiger partial charge is 0.252 e. The van der Waals surface area contributed by atoms with Crippen molar-refractivity contribution in [3.05, 3.63) is 70.8 Å². The molecular formula is C19H24N2O. The number of carbonyl (C=O) groups excluding carboxylic acids is 1. The second-order valence-electron chi connectivity index (χ2n) is 6.02. The van der Waals surface area contributed by atoms with E-state index in [1.165, 1.54) is 5.56 Å². The third kappa shape index (κ3) is 4.18. The predicted octanol–water partition coefficient (Wildman–Crippen LogP) is 3.34. The number of aryl methyl sites for hydroxylation is 2. The number of likely N-dealkylation sites (N-methyl/N-ethyl adjacent to an activating group) is 1. The molecule has 1 atom stereocenters. The van der Waals surface area contributed by atoms with E-state index in [0.717, 1.165) is 23.2 Å². The van der Waals surface area contributed by atoms with Gasteiger partial charge in [-0.2, -0.15) is 0 Å². The fourth-order valence-corrected chi connectivity index (χ4v) is 2.59. The van der Waals surface area contributed by atoms with E-state index in [4.69, 9.17) is 0 Å². The lowest BCUT2D eigenvalue weighted by molar-refractivity contribution is 0.0929. The van der Waals surface area contributed by atoms with E-state index in [0.29, 0.717) is 0 Å². The molecular weight excluding hydrogens is 272 g/mol. The van der Waals surface area contributed by atoms with Crippen molar-refractivity contribution in [2.24, 2.45) is 0 Å². The Kier molecular flexibility index (Phi) is 5.34. The van der Waals surface area contributed by atoms with Gasteiger partial charge in [0.1, 0.15) is 0 Å². The van der Waals surface area contributed by atoms with E-state index in [2.05, 4.69) is 22.3 Å². The Morgan fingerprint density at radius 3 is 2.36 bits per heavy atom. The van der Waals surface area contributed by atoms with Crippen LogP contribution >= 0.6 is 0 Å². The molecule has 0 aromatic heterocycles. The lowest BCUT2D eigenvalue weighted by Crippen LogP contribution is -2.35. The second-order valence-corrected chi connectivity index (χ2v) is 6.02. The standard InChI is InChI=1S/C19H24N2O/c1-14-10-11-17(15(2)12-14)19(22)20-18(13-21(3)4)16-8-6-5-7-9-16/h5-12,18H,13H2,1-4H3,(H,20,22). The molecule has 0 spiro atoms. The SMILES string of the molecule is Cc1ccc(C(=O)NC(CN(C)C)c2ccccc2)c(C)c1. The average Bonchev–Trinajstić information content (AvgIpc) is 2.46. The summed E-state index contributed by atoms with van der Waals surface area (Å²) < 4.78 is 0. The normalized spacial score (nSPS) is 12.2. The van der Waals surface area contributed by atoms with Crippen molar-refractivity contribution in [3.8, 4) is 0 Å². The van der Waals surface area contributed by atoms with Gasteiger partial charge in [-0.1, -0.05) is 48.0 Å². The molecule has 0 fully saturated rings. The van der Waals surface area contributed by atoms with Crippen molar-refractivity contribution >= 4 is 5.91 Å². The minimum Gasteiger partial charge on any atom is -0.344 e. The summed E-state index contributed by atoms with van der Waals surface area (Å²) in [5.74, 6) is -0.0202. The quantitative estimate of drug-likeness (QED) is 0.918. The van der Waals surface area contributed by atoms with Crippen molar-refractivity contribution in [2.75, 3.05) is 20.6 Å². The average molecular weight is 296 g/mol. The highest BCUT2D eigenvalue weighted by molar-refractivity contribution is 5.95. The molecule has 0 saturated heterocycles. The molecule has 116 valence electrons. The van der Waals surface area contributed by atoms with E-state index >= 15 is 0 Å². The van der Waals surface area contributed by atoms with Crippen molar-refractivity contribution in [3.63, 3.8) is 0 Å². The first-order valence-electron chi connectivity index (χ1n) is 7.55. The van der Waals surface area contributed by atoms with Crippen LogP contribution in [0.4, 0.5) is 0 Å². The number of benzene rings is 2. The number of hydrogen-bond acceptors (Lipinski definition) is 2. The predicted molar refractivity (Wildman–Crippen MR) is 91.1 cm³/mol. The minimum atomic E-state index is -0.0237. The molecule has 2 aromatic carbocycles. The van der Waals surface area contributed by atoms with E-state index < -0.39 is 0 Å². The van der Waals surface area contributed by atoms with E-state index in [1.807, 2.05) is 64.3 Å². The van der Waals surface area contributed by atoms with Gasteiger partial charge in [0.15, 0.2) is 0 Å². The summed E-state index contributed by atoms with van der Waals surface area (Å²) in [6.07, 6.45) is 0. The second kappa shape index (κ2) is 7.23. The molecule has 1 N–H and O–H groups in total. The Labute approximate surface area is 133 Å². The van der Waals surface area contributed by atoms with Crippen LogP contribution in [0.3, 0.4) is 0 Å². The van der Waals surface area contributed by atoms with Crippen LogP contribution in [0.2, 0.25) is 0 Å². The number of nitrogens with zero attached hydrogens (tertiary/aromatic N) is 1. The Hall–Kier alpha value is -2.13. The first-order valence-corrected chi connectivity index (χ1v) is 7.55. The van der Waals surface area contributed by atoms with E-state index in [9.17, 15) is 4.79 Å². The number of carbonyl (C=O) groups is 1. The van der Waals surface area contributed by atoms with E-state index in [-0.39, 0.29) is 11.9 Å². The van der Waals surface area contributed by atoms with Crippen LogP contribution in [0, 0.1) is 13.8 Å². The van der Waals surface area contributed by atoms with Gasteiger partial charge in [-0.3, -0.25) is 4.79 Å². The van der Waals surface area contributed by atoms with Crippen LogP contribution in [0.25, 0.3) is 0 Å². The van der Waals surface area contributed by atoms with Gasteiger partial charge < -0.3 is 10.2 Å². The summed E-state index contributed by atoms with van der Waals surface area (Å²) in [6, 6.07) is 16.0. The molecule has 0 aliphatic heterocycles. The third-order valence-corrected chi connectivity index (χ3v) is 3.68. The monoisotopic (exact) mass is 296 g/mol. The lowest BCUT2D eigenvalue weighted by Gasteiger charge is -2.23. The maximum absolute atomic E-state index is 12.6. The van der Waals surface area contributed by atoms with Crippen molar-refractivity contribution in [1.82, 2.24) is 10.2 Å². The molecule has 2 aromatic rings. The van der Waals surface area contributed by atoms with Gasteiger partial charge in [0.05, 0.1) is 6.04 Å². The summed E-state index contributed by atoms with van der Waals surface area (Å²) in [6.45, 7) is 4.78. The molecule has 0 bridgehead atoms. The summed E-state index contributed by atoms with van der Waals surface area (Å²) in [5, 5.41) is 3.16. The molecule has 3 nitrogen and oxygen atoms in total. The molecule has 1 amide bonds. The van der Waals surface area contributed by atoms with Crippen molar-refractivity contribution < 1.29 is 4.79 Å². The minimum absolute atomic E-state index is 0.0202. The topological polar surface area (TPSA) is 32.3 Å². The lowest BCUT2D eigenvalue weighted by atomic mass is 10.0. The van der Waals surface area contributed by atoms with Gasteiger partial charge in [0, 0.05) is 12.1 Å². The van der Waals surface area contributed by atoms with Crippen LogP contribution < -0.4 is 5.32 Å². The zero-order valence-corrected chi connectivity index (χ0v) is 13.8. The van der Waals surface area contributed by atoms with E-state index in [1.54, 1.807) is 0 Å². The van der Waals surface area contributed by atoms with Crippen LogP contribution in [-0.4, -0.2) is 31.4 Å². The highest BCUT2D eigenvalue weighted by Gasteiger charge is 2.17. The van der Waals surface area contributed by atoms with Crippen LogP contribution in [0.1, 0.15) is 33.1 Å². The zero-order chi connectivity index (χ0) is 16.1. The van der Waals surface area contributed by atoms with Crippen LogP contribution in [0.5, 0.6) is 0 Å². The Morgan fingerprint density at radius 1 is 1.09 bits per heavy atom. The first kappa shape index (κ1) is 16.2. The van der Waals surface area contributed by atoms with Gasteiger partial charge in [-0.25, -0.2) is 0 Å². The molecule has 2 rings (SSSR count). The molecule has 3 heteroatoms. The fraction of sp³-hybridized carbons (Fsp3) is 0.316. The van der Waals surface area contributed by atoms with Gasteiger partial charge in [-0.05, 0) is 45.1 Å². The maximum atomic E-state index is 12.6. The number of amides is 1. The highest BCUT2D eigenvalue weighted by atomic mass is 16.1. The largest absolute Gasteiger partial charge is 0.344 e. The molecule has 0 radical (unpaired) electrons. The molecule has 1 unspecified atom stereocenters. The highest BCUT2D eigenvalue weighted by Crippen LogP contribution is 2.16. The summed E-state index contributed by atoms with van der Waals surface area (Å²) >= 11 is 0. The van der Waals surface area contributed by atoms with Crippen LogP contribution in [-0.2, 0) is 0 Å². The molecule has 0 aliphatic carbocycles. The number of hydrogen-bond donors (Lipinski definition) is 1. The van der Waals surface area contributed by atoms with Crippen molar-refractivity contribution in [2.45, 2.75) is 19.9 Å². The Morgan fingerprint density at radius 2 is 1.77 bits per heavy atom. The van der Waals surface area contributed by atoms with Gasteiger partial charge in [0.2, 0.25) is 0 Å². The Bertz CT molecular complexity index is 635. The first-order chi connectivity index (χ1) is 10.5. The van der Waals surface area contributed by atoms with Gasteiger partial charge >= 0.3 is 0 Å². The van der Waals surface area contributed by atoms with Gasteiger partial charge in [0.25, 0.3) is 5.91 Å². The molecule has 0 aliphatic rings. The molecule has 0 heterocycles. The molecule has 22 heavy (non-hydrogen) atoms. The zero-order valence-electron chi connectivity index (χ0n) is 13.8. The maximum Gasteiger partial charge on any atom is 0.252 e. The fourth-order valence-electron chi connectivity index (χ4n) is 2.59. The Balaban J connectivity index is 2.21. The van der Waals surface area contributed by atoms with Gasteiger partial charge in [-0.15, -0.1) is 0 Å². The summed E-state index contributed by atoms with van der Waals surface area (Å²) in [5.41, 5.74) is 4.04. The third-order valence-electron chi connectivity index (χ3n) is 3.68. The summed E-state index contributed by atoms with van der Waals surface area (Å²) in [4.78, 5) is 14.7. The van der Waals surface area contributed by atoms with Crippen LogP contribution in [0.15, 0.2) is 48.5 Å².